The second-order valence-corrected chi connectivity index (χ2v) is 5.57. The van der Waals surface area contributed by atoms with Gasteiger partial charge in [-0.3, -0.25) is 10.1 Å². The average Bonchev–Trinajstić information content (AvgIpc) is 2.28. The highest BCUT2D eigenvalue weighted by molar-refractivity contribution is 7.89. The number of nitrogens with one attached hydrogen (secondary N) is 2. The van der Waals surface area contributed by atoms with Crippen molar-refractivity contribution in [1.82, 2.24) is 9.71 Å². The van der Waals surface area contributed by atoms with E-state index in [0.29, 0.717) is 5.69 Å². The molecule has 0 aromatic carbocycles. The molecule has 0 fully saturated rings. The maximum atomic E-state index is 11.2. The highest BCUT2D eigenvalue weighted by Gasteiger charge is 2.15. The van der Waals surface area contributed by atoms with Crippen LogP contribution in [0.1, 0.15) is 5.69 Å². The van der Waals surface area contributed by atoms with Crippen LogP contribution in [0.4, 0.5) is 11.5 Å². The van der Waals surface area contributed by atoms with Crippen molar-refractivity contribution in [2.45, 2.75) is 6.92 Å². The summed E-state index contributed by atoms with van der Waals surface area (Å²) in [5, 5.41) is 13.4. The van der Waals surface area contributed by atoms with Gasteiger partial charge in [-0.05, 0) is 20.0 Å². The number of nitro groups is 1. The predicted octanol–water partition coefficient (Wildman–Crippen LogP) is 0.259. The third kappa shape index (κ3) is 3.93. The summed E-state index contributed by atoms with van der Waals surface area (Å²) in [5.74, 6) is -0.109. The Bertz CT molecular complexity index is 543. The van der Waals surface area contributed by atoms with E-state index in [0.717, 1.165) is 0 Å². The summed E-state index contributed by atoms with van der Waals surface area (Å²) in [5.41, 5.74) is 0.432. The van der Waals surface area contributed by atoms with Crippen LogP contribution in [0.25, 0.3) is 0 Å². The quantitative estimate of drug-likeness (QED) is 0.568. The molecule has 9 heteroatoms. The molecule has 0 bridgehead atoms. The van der Waals surface area contributed by atoms with Gasteiger partial charge in [-0.1, -0.05) is 0 Å². The van der Waals surface area contributed by atoms with Gasteiger partial charge in [0.15, 0.2) is 0 Å². The fraction of sp³-hybridized carbons (Fsp3) is 0.444. The molecule has 1 heterocycles. The van der Waals surface area contributed by atoms with Gasteiger partial charge in [0.1, 0.15) is 0 Å². The first-order valence-electron chi connectivity index (χ1n) is 5.13. The molecule has 1 rings (SSSR count). The Morgan fingerprint density at radius 2 is 2.11 bits per heavy atom. The number of hydrogen-bond donors (Lipinski definition) is 2. The first kappa shape index (κ1) is 14.3. The lowest BCUT2D eigenvalue weighted by Gasteiger charge is -2.07. The molecule has 0 radical (unpaired) electrons. The van der Waals surface area contributed by atoms with Crippen molar-refractivity contribution in [1.29, 1.82) is 0 Å². The van der Waals surface area contributed by atoms with Crippen LogP contribution in [0.2, 0.25) is 0 Å². The van der Waals surface area contributed by atoms with Gasteiger partial charge in [-0.2, -0.15) is 0 Å². The number of nitrogens with zero attached hydrogens (tertiary/aromatic N) is 2. The summed E-state index contributed by atoms with van der Waals surface area (Å²) >= 11 is 0. The summed E-state index contributed by atoms with van der Waals surface area (Å²) < 4.78 is 24.5. The van der Waals surface area contributed by atoms with Crippen LogP contribution < -0.4 is 10.0 Å². The summed E-state index contributed by atoms with van der Waals surface area (Å²) in [6.45, 7) is 1.74. The minimum atomic E-state index is -3.34. The van der Waals surface area contributed by atoms with Crippen molar-refractivity contribution >= 4 is 21.5 Å². The number of aromatic nitrogens is 1. The lowest BCUT2D eigenvalue weighted by Crippen LogP contribution is -2.26. The van der Waals surface area contributed by atoms with Gasteiger partial charge < -0.3 is 5.32 Å². The molecule has 0 atom stereocenters. The predicted molar refractivity (Wildman–Crippen MR) is 67.0 cm³/mol. The SMILES string of the molecule is CNS(=O)(=O)CCNc1nc(C)ccc1[N+](=O)[O-]. The van der Waals surface area contributed by atoms with Crippen LogP contribution in [0.3, 0.4) is 0 Å². The number of anilines is 1. The lowest BCUT2D eigenvalue weighted by molar-refractivity contribution is -0.384. The molecule has 0 aliphatic carbocycles. The zero-order valence-electron chi connectivity index (χ0n) is 10.0. The van der Waals surface area contributed by atoms with Gasteiger partial charge in [-0.25, -0.2) is 18.1 Å². The van der Waals surface area contributed by atoms with Gasteiger partial charge in [0.2, 0.25) is 15.8 Å². The maximum Gasteiger partial charge on any atom is 0.311 e. The highest BCUT2D eigenvalue weighted by atomic mass is 32.2. The molecule has 1 aromatic rings. The molecule has 0 spiro atoms. The van der Waals surface area contributed by atoms with E-state index in [9.17, 15) is 18.5 Å². The smallest absolute Gasteiger partial charge is 0.311 e. The summed E-state index contributed by atoms with van der Waals surface area (Å²) in [4.78, 5) is 14.1. The number of rotatable bonds is 6. The Hall–Kier alpha value is -1.74. The van der Waals surface area contributed by atoms with Crippen LogP contribution in [0.15, 0.2) is 12.1 Å². The van der Waals surface area contributed by atoms with Crippen molar-refractivity contribution in [2.24, 2.45) is 0 Å². The fourth-order valence-electron chi connectivity index (χ4n) is 1.23. The Morgan fingerprint density at radius 3 is 2.67 bits per heavy atom. The van der Waals surface area contributed by atoms with E-state index in [1.54, 1.807) is 6.92 Å². The molecule has 0 amide bonds. The summed E-state index contributed by atoms with van der Waals surface area (Å²) in [6.07, 6.45) is 0. The van der Waals surface area contributed by atoms with E-state index in [-0.39, 0.29) is 23.8 Å². The van der Waals surface area contributed by atoms with Crippen molar-refractivity contribution < 1.29 is 13.3 Å². The van der Waals surface area contributed by atoms with Gasteiger partial charge in [0.25, 0.3) is 0 Å². The van der Waals surface area contributed by atoms with Crippen molar-refractivity contribution in [3.8, 4) is 0 Å². The Labute approximate surface area is 105 Å². The Balaban J connectivity index is 2.78. The number of aryl methyl sites for hydroxylation is 1. The fourth-order valence-corrected chi connectivity index (χ4v) is 1.81. The van der Waals surface area contributed by atoms with Crippen LogP contribution in [0, 0.1) is 17.0 Å². The van der Waals surface area contributed by atoms with Gasteiger partial charge >= 0.3 is 5.69 Å². The van der Waals surface area contributed by atoms with Crippen molar-refractivity contribution in [3.63, 3.8) is 0 Å². The normalized spacial score (nSPS) is 11.2. The number of sulfonamides is 1. The van der Waals surface area contributed by atoms with Crippen LogP contribution >= 0.6 is 0 Å². The summed E-state index contributed by atoms with van der Waals surface area (Å²) in [7, 11) is -2.03. The second-order valence-electron chi connectivity index (χ2n) is 3.53. The first-order chi connectivity index (χ1) is 8.35. The van der Waals surface area contributed by atoms with E-state index in [2.05, 4.69) is 15.0 Å². The van der Waals surface area contributed by atoms with Crippen molar-refractivity contribution in [3.05, 3.63) is 27.9 Å². The topological polar surface area (TPSA) is 114 Å². The third-order valence-corrected chi connectivity index (χ3v) is 3.55. The van der Waals surface area contributed by atoms with Crippen LogP contribution in [-0.4, -0.2) is 37.7 Å². The van der Waals surface area contributed by atoms with Gasteiger partial charge in [0.05, 0.1) is 10.7 Å². The van der Waals surface area contributed by atoms with E-state index in [1.807, 2.05) is 0 Å². The molecule has 18 heavy (non-hydrogen) atoms. The Morgan fingerprint density at radius 1 is 1.44 bits per heavy atom. The zero-order valence-corrected chi connectivity index (χ0v) is 10.8. The minimum absolute atomic E-state index is 0.0421. The maximum absolute atomic E-state index is 11.2. The largest absolute Gasteiger partial charge is 0.363 e. The number of hydrogen-bond acceptors (Lipinski definition) is 6. The Kier molecular flexibility index (Phi) is 4.56. The molecular weight excluding hydrogens is 260 g/mol. The van der Waals surface area contributed by atoms with E-state index in [4.69, 9.17) is 0 Å². The molecule has 0 aliphatic heterocycles. The average molecular weight is 274 g/mol. The van der Waals surface area contributed by atoms with Crippen molar-refractivity contribution in [2.75, 3.05) is 24.7 Å². The summed E-state index contributed by atoms with van der Waals surface area (Å²) in [6, 6.07) is 2.85. The molecule has 1 aromatic heterocycles. The van der Waals surface area contributed by atoms with Crippen LogP contribution in [-0.2, 0) is 10.0 Å². The molecule has 0 aliphatic rings. The molecule has 8 nitrogen and oxygen atoms in total. The standard InChI is InChI=1S/C9H14N4O4S/c1-7-3-4-8(13(14)15)9(12-7)11-5-6-18(16,17)10-2/h3-4,10H,5-6H2,1-2H3,(H,11,12). The van der Waals surface area contributed by atoms with E-state index in [1.165, 1.54) is 19.2 Å². The van der Waals surface area contributed by atoms with E-state index < -0.39 is 14.9 Å². The molecule has 0 unspecified atom stereocenters. The molecule has 2 N–H and O–H groups in total. The van der Waals surface area contributed by atoms with Gasteiger partial charge in [-0.15, -0.1) is 0 Å². The minimum Gasteiger partial charge on any atom is -0.363 e. The highest BCUT2D eigenvalue weighted by Crippen LogP contribution is 2.21. The van der Waals surface area contributed by atoms with Gasteiger partial charge in [0, 0.05) is 18.3 Å². The van der Waals surface area contributed by atoms with Crippen LogP contribution in [0.5, 0.6) is 0 Å². The zero-order chi connectivity index (χ0) is 13.8. The first-order valence-corrected chi connectivity index (χ1v) is 6.78. The molecule has 100 valence electrons. The second kappa shape index (κ2) is 5.74. The molecule has 0 saturated heterocycles. The monoisotopic (exact) mass is 274 g/mol. The third-order valence-electron chi connectivity index (χ3n) is 2.18. The lowest BCUT2D eigenvalue weighted by atomic mass is 10.3. The van der Waals surface area contributed by atoms with E-state index >= 15 is 0 Å². The number of pyridine rings is 1. The molecule has 0 saturated carbocycles. The molecular formula is C9H14N4O4S.